The molecule has 0 aliphatic rings. The van der Waals surface area contributed by atoms with Gasteiger partial charge in [0.15, 0.2) is 3.77 Å². The van der Waals surface area contributed by atoms with Crippen molar-refractivity contribution in [1.29, 1.82) is 0 Å². The number of anilines is 1. The van der Waals surface area contributed by atoms with Crippen LogP contribution in [0.25, 0.3) is 0 Å². The second-order valence-electron chi connectivity index (χ2n) is 5.72. The first-order valence-corrected chi connectivity index (χ1v) is 7.64. The standard InChI is InChI=1S/C16H20INO2/c1-16(2,3)11-5-7-14(19-4)13(9-11)18-10-12-6-8-15(17)20-12/h5-9,18H,10H2,1-4H3. The van der Waals surface area contributed by atoms with Crippen molar-refractivity contribution in [3.05, 3.63) is 45.4 Å². The molecule has 20 heavy (non-hydrogen) atoms. The Hall–Kier alpha value is -1.17. The highest BCUT2D eigenvalue weighted by Crippen LogP contribution is 2.31. The van der Waals surface area contributed by atoms with Gasteiger partial charge in [0, 0.05) is 0 Å². The zero-order chi connectivity index (χ0) is 14.8. The topological polar surface area (TPSA) is 34.4 Å². The van der Waals surface area contributed by atoms with Crippen molar-refractivity contribution < 1.29 is 9.15 Å². The molecule has 0 bridgehead atoms. The van der Waals surface area contributed by atoms with Gasteiger partial charge in [0.25, 0.3) is 0 Å². The summed E-state index contributed by atoms with van der Waals surface area (Å²) in [5.41, 5.74) is 2.38. The Morgan fingerprint density at radius 1 is 1.20 bits per heavy atom. The largest absolute Gasteiger partial charge is 0.495 e. The van der Waals surface area contributed by atoms with Crippen molar-refractivity contribution in [3.8, 4) is 5.75 Å². The predicted octanol–water partition coefficient (Wildman–Crippen LogP) is 4.80. The van der Waals surface area contributed by atoms with Crippen molar-refractivity contribution >= 4 is 28.3 Å². The number of hydrogen-bond acceptors (Lipinski definition) is 3. The van der Waals surface area contributed by atoms with Gasteiger partial charge in [-0.3, -0.25) is 0 Å². The lowest BCUT2D eigenvalue weighted by Crippen LogP contribution is -2.12. The van der Waals surface area contributed by atoms with E-state index in [-0.39, 0.29) is 5.41 Å². The SMILES string of the molecule is COc1ccc(C(C)(C)C)cc1NCc1ccc(I)o1. The van der Waals surface area contributed by atoms with Crippen molar-refractivity contribution in [3.63, 3.8) is 0 Å². The third-order valence-corrected chi connectivity index (χ3v) is 3.73. The predicted molar refractivity (Wildman–Crippen MR) is 90.4 cm³/mol. The number of benzene rings is 1. The third-order valence-electron chi connectivity index (χ3n) is 3.15. The fourth-order valence-electron chi connectivity index (χ4n) is 1.94. The van der Waals surface area contributed by atoms with Crippen molar-refractivity contribution in [2.45, 2.75) is 32.7 Å². The summed E-state index contributed by atoms with van der Waals surface area (Å²) >= 11 is 2.17. The maximum atomic E-state index is 5.56. The molecule has 0 amide bonds. The summed E-state index contributed by atoms with van der Waals surface area (Å²) in [5, 5.41) is 3.38. The van der Waals surface area contributed by atoms with Crippen molar-refractivity contribution in [2.24, 2.45) is 0 Å². The maximum absolute atomic E-state index is 5.56. The molecule has 2 aromatic rings. The fourth-order valence-corrected chi connectivity index (χ4v) is 2.40. The Kier molecular flexibility index (Phi) is 4.62. The highest BCUT2D eigenvalue weighted by atomic mass is 127. The lowest BCUT2D eigenvalue weighted by Gasteiger charge is -2.21. The summed E-state index contributed by atoms with van der Waals surface area (Å²) in [6, 6.07) is 10.2. The third kappa shape index (κ3) is 3.69. The van der Waals surface area contributed by atoms with E-state index < -0.39 is 0 Å². The second kappa shape index (κ2) is 6.08. The minimum atomic E-state index is 0.114. The van der Waals surface area contributed by atoms with Gasteiger partial charge < -0.3 is 14.5 Å². The van der Waals surface area contributed by atoms with Gasteiger partial charge in [-0.2, -0.15) is 0 Å². The van der Waals surface area contributed by atoms with Crippen LogP contribution in [0.4, 0.5) is 5.69 Å². The smallest absolute Gasteiger partial charge is 0.164 e. The molecule has 0 saturated carbocycles. The molecule has 0 saturated heterocycles. The van der Waals surface area contributed by atoms with Crippen LogP contribution in [0.2, 0.25) is 0 Å². The molecule has 0 aliphatic heterocycles. The highest BCUT2D eigenvalue weighted by molar-refractivity contribution is 14.1. The first-order chi connectivity index (χ1) is 9.40. The summed E-state index contributed by atoms with van der Waals surface area (Å²) in [4.78, 5) is 0. The number of furan rings is 1. The molecule has 1 aromatic heterocycles. The summed E-state index contributed by atoms with van der Waals surface area (Å²) in [6.07, 6.45) is 0. The number of methoxy groups -OCH3 is 1. The average Bonchev–Trinajstić information content (AvgIpc) is 2.80. The number of rotatable bonds is 4. The van der Waals surface area contributed by atoms with E-state index in [1.807, 2.05) is 18.2 Å². The van der Waals surface area contributed by atoms with Crippen molar-refractivity contribution in [1.82, 2.24) is 0 Å². The van der Waals surface area contributed by atoms with Crippen molar-refractivity contribution in [2.75, 3.05) is 12.4 Å². The van der Waals surface area contributed by atoms with Crippen LogP contribution >= 0.6 is 22.6 Å². The molecule has 4 heteroatoms. The van der Waals surface area contributed by atoms with Gasteiger partial charge in [-0.15, -0.1) is 0 Å². The van der Waals surface area contributed by atoms with Crippen LogP contribution in [0.15, 0.2) is 34.7 Å². The minimum absolute atomic E-state index is 0.114. The van der Waals surface area contributed by atoms with E-state index in [2.05, 4.69) is 60.8 Å². The number of ether oxygens (including phenoxy) is 1. The van der Waals surface area contributed by atoms with Gasteiger partial charge in [0.05, 0.1) is 19.3 Å². The van der Waals surface area contributed by atoms with E-state index in [9.17, 15) is 0 Å². The lowest BCUT2D eigenvalue weighted by molar-refractivity contribution is 0.415. The highest BCUT2D eigenvalue weighted by Gasteiger charge is 2.16. The van der Waals surface area contributed by atoms with E-state index in [0.29, 0.717) is 6.54 Å². The molecule has 1 aromatic carbocycles. The quantitative estimate of drug-likeness (QED) is 0.768. The van der Waals surface area contributed by atoms with Crippen LogP contribution in [-0.2, 0) is 12.0 Å². The Bertz CT molecular complexity index is 584. The molecule has 0 fully saturated rings. The van der Waals surface area contributed by atoms with E-state index >= 15 is 0 Å². The molecule has 3 nitrogen and oxygen atoms in total. The van der Waals surface area contributed by atoms with Crippen LogP contribution in [0.3, 0.4) is 0 Å². The van der Waals surface area contributed by atoms with Gasteiger partial charge in [0.1, 0.15) is 11.5 Å². The van der Waals surface area contributed by atoms with Gasteiger partial charge in [-0.25, -0.2) is 0 Å². The molecule has 0 aliphatic carbocycles. The van der Waals surface area contributed by atoms with E-state index in [1.54, 1.807) is 7.11 Å². The maximum Gasteiger partial charge on any atom is 0.164 e. The minimum Gasteiger partial charge on any atom is -0.495 e. The van der Waals surface area contributed by atoms with Gasteiger partial charge in [-0.05, 0) is 57.8 Å². The molecular formula is C16H20INO2. The van der Waals surface area contributed by atoms with Gasteiger partial charge in [-0.1, -0.05) is 26.8 Å². The Labute approximate surface area is 133 Å². The number of nitrogens with one attached hydrogen (secondary N) is 1. The fraction of sp³-hybridized carbons (Fsp3) is 0.375. The molecular weight excluding hydrogens is 365 g/mol. The molecule has 0 radical (unpaired) electrons. The molecule has 0 spiro atoms. The van der Waals surface area contributed by atoms with Crippen LogP contribution in [-0.4, -0.2) is 7.11 Å². The Balaban J connectivity index is 2.20. The zero-order valence-corrected chi connectivity index (χ0v) is 14.4. The van der Waals surface area contributed by atoms with E-state index in [4.69, 9.17) is 9.15 Å². The number of halogens is 1. The normalized spacial score (nSPS) is 11.4. The van der Waals surface area contributed by atoms with Crippen LogP contribution in [0, 0.1) is 3.77 Å². The summed E-state index contributed by atoms with van der Waals surface area (Å²) in [7, 11) is 1.69. The monoisotopic (exact) mass is 385 g/mol. The lowest BCUT2D eigenvalue weighted by atomic mass is 9.87. The average molecular weight is 385 g/mol. The molecule has 1 N–H and O–H groups in total. The van der Waals surface area contributed by atoms with Crippen LogP contribution in [0.1, 0.15) is 32.1 Å². The second-order valence-corrected chi connectivity index (χ2v) is 6.79. The molecule has 108 valence electrons. The molecule has 1 heterocycles. The Morgan fingerprint density at radius 2 is 1.95 bits per heavy atom. The Morgan fingerprint density at radius 3 is 2.50 bits per heavy atom. The van der Waals surface area contributed by atoms with Gasteiger partial charge >= 0.3 is 0 Å². The zero-order valence-electron chi connectivity index (χ0n) is 12.3. The van der Waals surface area contributed by atoms with E-state index in [1.165, 1.54) is 5.56 Å². The molecule has 2 rings (SSSR count). The molecule has 0 unspecified atom stereocenters. The number of hydrogen-bond donors (Lipinski definition) is 1. The molecule has 0 atom stereocenters. The summed E-state index contributed by atoms with van der Waals surface area (Å²) in [6.45, 7) is 7.25. The first-order valence-electron chi connectivity index (χ1n) is 6.57. The van der Waals surface area contributed by atoms with Gasteiger partial charge in [0.2, 0.25) is 0 Å². The van der Waals surface area contributed by atoms with Crippen LogP contribution < -0.4 is 10.1 Å². The van der Waals surface area contributed by atoms with E-state index in [0.717, 1.165) is 21.0 Å². The first kappa shape index (κ1) is 15.2. The van der Waals surface area contributed by atoms with Crippen LogP contribution in [0.5, 0.6) is 5.75 Å². The summed E-state index contributed by atoms with van der Waals surface area (Å²) < 4.78 is 11.9. The summed E-state index contributed by atoms with van der Waals surface area (Å²) in [5.74, 6) is 1.76.